The Bertz CT molecular complexity index is 507. The van der Waals surface area contributed by atoms with E-state index in [1.807, 2.05) is 0 Å². The molecule has 10 heteroatoms. The van der Waals surface area contributed by atoms with Crippen LogP contribution in [0, 0.1) is 0 Å². The Kier molecular flexibility index (Phi) is 9.60. The number of aliphatic carboxylic acids is 2. The largest absolute Gasteiger partial charge is 0.481 e. The highest BCUT2D eigenvalue weighted by molar-refractivity contribution is 5.92. The van der Waals surface area contributed by atoms with Crippen molar-refractivity contribution in [1.82, 2.24) is 16.0 Å². The minimum atomic E-state index is -1.18. The highest BCUT2D eigenvalue weighted by atomic mass is 16.4. The van der Waals surface area contributed by atoms with Crippen LogP contribution in [0.4, 0.5) is 0 Å². The van der Waals surface area contributed by atoms with Crippen molar-refractivity contribution in [2.45, 2.75) is 63.1 Å². The molecule has 3 atom stereocenters. The second kappa shape index (κ2) is 11.4. The molecule has 1 fully saturated rings. The molecule has 1 aliphatic heterocycles. The zero-order valence-electron chi connectivity index (χ0n) is 14.7. The van der Waals surface area contributed by atoms with Crippen molar-refractivity contribution < 1.29 is 29.4 Å². The molecule has 0 saturated carbocycles. The van der Waals surface area contributed by atoms with Gasteiger partial charge in [-0.2, -0.15) is 0 Å². The second-order valence-electron chi connectivity index (χ2n) is 6.33. The van der Waals surface area contributed by atoms with E-state index in [0.29, 0.717) is 32.4 Å². The van der Waals surface area contributed by atoms with Gasteiger partial charge in [-0.05, 0) is 51.6 Å². The maximum atomic E-state index is 12.4. The zero-order chi connectivity index (χ0) is 19.5. The van der Waals surface area contributed by atoms with Crippen molar-refractivity contribution in [3.05, 3.63) is 0 Å². The first kappa shape index (κ1) is 21.8. The van der Waals surface area contributed by atoms with Gasteiger partial charge in [0.25, 0.3) is 0 Å². The lowest BCUT2D eigenvalue weighted by atomic mass is 10.1. The maximum absolute atomic E-state index is 12.4. The number of unbranched alkanes of at least 4 members (excludes halogenated alkanes) is 1. The van der Waals surface area contributed by atoms with Crippen LogP contribution in [0.2, 0.25) is 0 Å². The topological polar surface area (TPSA) is 171 Å². The van der Waals surface area contributed by atoms with Crippen LogP contribution >= 0.6 is 0 Å². The first-order valence-electron chi connectivity index (χ1n) is 8.84. The van der Waals surface area contributed by atoms with Gasteiger partial charge in [0.05, 0.1) is 6.04 Å². The van der Waals surface area contributed by atoms with E-state index in [4.69, 9.17) is 10.8 Å². The average molecular weight is 372 g/mol. The normalized spacial score (nSPS) is 18.7. The highest BCUT2D eigenvalue weighted by Crippen LogP contribution is 2.08. The first-order chi connectivity index (χ1) is 12.3. The molecule has 0 bridgehead atoms. The van der Waals surface area contributed by atoms with Gasteiger partial charge in [-0.3, -0.25) is 14.4 Å². The summed E-state index contributed by atoms with van der Waals surface area (Å²) in [6.45, 7) is 1.12. The van der Waals surface area contributed by atoms with Crippen LogP contribution in [0.5, 0.6) is 0 Å². The molecule has 0 radical (unpaired) electrons. The monoisotopic (exact) mass is 372 g/mol. The van der Waals surface area contributed by atoms with Crippen molar-refractivity contribution in [3.8, 4) is 0 Å². The lowest BCUT2D eigenvalue weighted by Crippen LogP contribution is -2.54. The molecule has 2 amide bonds. The summed E-state index contributed by atoms with van der Waals surface area (Å²) in [5, 5.41) is 26.0. The van der Waals surface area contributed by atoms with Gasteiger partial charge >= 0.3 is 11.9 Å². The molecule has 0 aromatic carbocycles. The molecule has 1 rings (SSSR count). The Morgan fingerprint density at radius 2 is 1.81 bits per heavy atom. The second-order valence-corrected chi connectivity index (χ2v) is 6.33. The number of nitrogens with two attached hydrogens (primary N) is 1. The first-order valence-corrected chi connectivity index (χ1v) is 8.84. The fourth-order valence-electron chi connectivity index (χ4n) is 2.74. The van der Waals surface area contributed by atoms with Gasteiger partial charge in [-0.1, -0.05) is 0 Å². The summed E-state index contributed by atoms with van der Waals surface area (Å²) in [6.07, 6.45) is 2.42. The van der Waals surface area contributed by atoms with Crippen LogP contribution in [0.15, 0.2) is 0 Å². The summed E-state index contributed by atoms with van der Waals surface area (Å²) in [7, 11) is 0. The molecule has 0 spiro atoms. The number of hydrogen-bond acceptors (Lipinski definition) is 6. The van der Waals surface area contributed by atoms with Crippen molar-refractivity contribution in [2.24, 2.45) is 5.73 Å². The van der Waals surface area contributed by atoms with Crippen LogP contribution in [0.25, 0.3) is 0 Å². The molecule has 0 unspecified atom stereocenters. The lowest BCUT2D eigenvalue weighted by molar-refractivity contribution is -0.143. The van der Waals surface area contributed by atoms with E-state index < -0.39 is 36.0 Å². The summed E-state index contributed by atoms with van der Waals surface area (Å²) >= 11 is 0. The Balaban J connectivity index is 2.69. The van der Waals surface area contributed by atoms with Crippen LogP contribution < -0.4 is 21.7 Å². The van der Waals surface area contributed by atoms with Crippen molar-refractivity contribution >= 4 is 23.8 Å². The molecule has 0 aromatic rings. The molecule has 1 aliphatic rings. The van der Waals surface area contributed by atoms with Gasteiger partial charge in [0.2, 0.25) is 11.8 Å². The quantitative estimate of drug-likeness (QED) is 0.232. The summed E-state index contributed by atoms with van der Waals surface area (Å²) in [5.74, 6) is -3.37. The van der Waals surface area contributed by atoms with Crippen LogP contribution in [-0.4, -0.2) is 65.2 Å². The summed E-state index contributed by atoms with van der Waals surface area (Å²) in [6, 6.07) is -2.63. The number of rotatable bonds is 12. The third-order valence-corrected chi connectivity index (χ3v) is 4.22. The molecular weight excluding hydrogens is 344 g/mol. The van der Waals surface area contributed by atoms with Crippen LogP contribution in [0.3, 0.4) is 0 Å². The van der Waals surface area contributed by atoms with Gasteiger partial charge in [0.15, 0.2) is 0 Å². The predicted octanol–water partition coefficient (Wildman–Crippen LogP) is -1.21. The third kappa shape index (κ3) is 7.79. The van der Waals surface area contributed by atoms with Gasteiger partial charge in [0.1, 0.15) is 12.1 Å². The SMILES string of the molecule is NCCCC[C@H](NC(=O)[C@H](CCC(=O)O)NC(=O)[C@@H]1CCCN1)C(=O)O. The summed E-state index contributed by atoms with van der Waals surface area (Å²) in [5.41, 5.74) is 5.38. The number of carbonyl (C=O) groups is 4. The number of carbonyl (C=O) groups excluding carboxylic acids is 2. The minimum Gasteiger partial charge on any atom is -0.481 e. The van der Waals surface area contributed by atoms with E-state index in [-0.39, 0.29) is 25.2 Å². The van der Waals surface area contributed by atoms with Gasteiger partial charge in [-0.25, -0.2) is 4.79 Å². The summed E-state index contributed by atoms with van der Waals surface area (Å²) in [4.78, 5) is 46.8. The maximum Gasteiger partial charge on any atom is 0.326 e. The van der Waals surface area contributed by atoms with Crippen molar-refractivity contribution in [2.75, 3.05) is 13.1 Å². The van der Waals surface area contributed by atoms with Crippen molar-refractivity contribution in [3.63, 3.8) is 0 Å². The number of carboxylic acid groups (broad SMARTS) is 2. The molecule has 0 aromatic heterocycles. The molecule has 7 N–H and O–H groups in total. The lowest BCUT2D eigenvalue weighted by Gasteiger charge is -2.22. The highest BCUT2D eigenvalue weighted by Gasteiger charge is 2.30. The Morgan fingerprint density at radius 3 is 2.35 bits per heavy atom. The Labute approximate surface area is 151 Å². The predicted molar refractivity (Wildman–Crippen MR) is 92.3 cm³/mol. The molecule has 148 valence electrons. The molecular formula is C16H28N4O6. The molecule has 1 saturated heterocycles. The van der Waals surface area contributed by atoms with Gasteiger partial charge in [-0.15, -0.1) is 0 Å². The van der Waals surface area contributed by atoms with E-state index in [9.17, 15) is 24.3 Å². The molecule has 1 heterocycles. The van der Waals surface area contributed by atoms with Gasteiger partial charge in [0, 0.05) is 6.42 Å². The molecule has 26 heavy (non-hydrogen) atoms. The number of amides is 2. The standard InChI is InChI=1S/C16H28N4O6/c17-8-2-1-4-12(16(25)26)20-15(24)11(6-7-13(21)22)19-14(23)10-5-3-9-18-10/h10-12,18H,1-9,17H2,(H,19,23)(H,20,24)(H,21,22)(H,25,26)/t10-,11-,12-/m0/s1. The summed E-state index contributed by atoms with van der Waals surface area (Å²) < 4.78 is 0. The minimum absolute atomic E-state index is 0.116. The van der Waals surface area contributed by atoms with E-state index in [0.717, 1.165) is 6.42 Å². The van der Waals surface area contributed by atoms with Crippen molar-refractivity contribution in [1.29, 1.82) is 0 Å². The van der Waals surface area contributed by atoms with Crippen LogP contribution in [0.1, 0.15) is 44.9 Å². The van der Waals surface area contributed by atoms with E-state index >= 15 is 0 Å². The smallest absolute Gasteiger partial charge is 0.326 e. The Hall–Kier alpha value is -2.20. The van der Waals surface area contributed by atoms with Gasteiger partial charge < -0.3 is 31.9 Å². The molecule has 0 aliphatic carbocycles. The number of carboxylic acids is 2. The van der Waals surface area contributed by atoms with E-state index in [2.05, 4.69) is 16.0 Å². The number of nitrogens with one attached hydrogen (secondary N) is 3. The Morgan fingerprint density at radius 1 is 1.08 bits per heavy atom. The fourth-order valence-corrected chi connectivity index (χ4v) is 2.74. The molecule has 10 nitrogen and oxygen atoms in total. The van der Waals surface area contributed by atoms with Crippen LogP contribution in [-0.2, 0) is 19.2 Å². The van der Waals surface area contributed by atoms with E-state index in [1.54, 1.807) is 0 Å². The third-order valence-electron chi connectivity index (χ3n) is 4.22. The fraction of sp³-hybridized carbons (Fsp3) is 0.750. The zero-order valence-corrected chi connectivity index (χ0v) is 14.7. The van der Waals surface area contributed by atoms with E-state index in [1.165, 1.54) is 0 Å². The average Bonchev–Trinajstić information content (AvgIpc) is 3.11. The number of hydrogen-bond donors (Lipinski definition) is 6.